The summed E-state index contributed by atoms with van der Waals surface area (Å²) in [5.41, 5.74) is 5.32. The van der Waals surface area contributed by atoms with Crippen molar-refractivity contribution in [3.8, 4) is 0 Å². The third-order valence-electron chi connectivity index (χ3n) is 1.60. The van der Waals surface area contributed by atoms with Crippen LogP contribution in [0.4, 0.5) is 5.13 Å². The van der Waals surface area contributed by atoms with Crippen molar-refractivity contribution in [2.24, 2.45) is 0 Å². The molecule has 1 rings (SSSR count). The Labute approximate surface area is 96.5 Å². The van der Waals surface area contributed by atoms with Crippen LogP contribution in [0.2, 0.25) is 0 Å². The van der Waals surface area contributed by atoms with Crippen molar-refractivity contribution < 1.29 is 17.9 Å². The zero-order valence-corrected chi connectivity index (χ0v) is 10.1. The van der Waals surface area contributed by atoms with Crippen LogP contribution >= 0.6 is 11.3 Å². The quantitative estimate of drug-likeness (QED) is 0.671. The lowest BCUT2D eigenvalue weighted by Crippen LogP contribution is -2.29. The predicted octanol–water partition coefficient (Wildman–Crippen LogP) is -0.781. The second-order valence-electron chi connectivity index (χ2n) is 2.78. The third-order valence-corrected chi connectivity index (χ3v) is 4.53. The number of ether oxygens (including phenoxy) is 1. The highest BCUT2D eigenvalue weighted by Gasteiger charge is 2.17. The van der Waals surface area contributed by atoms with E-state index >= 15 is 0 Å². The zero-order valence-electron chi connectivity index (χ0n) is 8.47. The molecule has 0 saturated carbocycles. The number of nitrogens with zero attached hydrogens (tertiary/aromatic N) is 1. The smallest absolute Gasteiger partial charge is 0.319 e. The molecule has 0 aliphatic carbocycles. The van der Waals surface area contributed by atoms with E-state index in [1.165, 1.54) is 13.3 Å². The van der Waals surface area contributed by atoms with Gasteiger partial charge in [0.15, 0.2) is 5.13 Å². The van der Waals surface area contributed by atoms with E-state index in [1.807, 2.05) is 0 Å². The fourth-order valence-electron chi connectivity index (χ4n) is 0.847. The summed E-state index contributed by atoms with van der Waals surface area (Å²) < 4.78 is 27.7. The van der Waals surface area contributed by atoms with Crippen molar-refractivity contribution in [2.45, 2.75) is 4.21 Å². The van der Waals surface area contributed by atoms with Gasteiger partial charge in [-0.05, 0) is 0 Å². The van der Waals surface area contributed by atoms with Crippen LogP contribution in [0.15, 0.2) is 10.4 Å². The van der Waals surface area contributed by atoms with Crippen LogP contribution in [-0.4, -0.2) is 38.9 Å². The highest BCUT2D eigenvalue weighted by atomic mass is 32.2. The van der Waals surface area contributed by atoms with Gasteiger partial charge in [-0.15, -0.1) is 0 Å². The molecular formula is C7H11N3O4S2. The van der Waals surface area contributed by atoms with Gasteiger partial charge in [-0.3, -0.25) is 10.1 Å². The van der Waals surface area contributed by atoms with Crippen molar-refractivity contribution in [3.05, 3.63) is 6.20 Å². The summed E-state index contributed by atoms with van der Waals surface area (Å²) in [5, 5.41) is 2.65. The van der Waals surface area contributed by atoms with Gasteiger partial charge in [0.2, 0.25) is 9.84 Å². The molecule has 0 aromatic carbocycles. The van der Waals surface area contributed by atoms with Crippen LogP contribution in [0.1, 0.15) is 0 Å². The second-order valence-corrected chi connectivity index (χ2v) is 6.06. The monoisotopic (exact) mass is 265 g/mol. The molecule has 1 aromatic rings. The van der Waals surface area contributed by atoms with Gasteiger partial charge >= 0.3 is 5.97 Å². The van der Waals surface area contributed by atoms with Crippen molar-refractivity contribution in [1.29, 1.82) is 0 Å². The van der Waals surface area contributed by atoms with E-state index in [4.69, 9.17) is 5.73 Å². The number of hydrogen-bond acceptors (Lipinski definition) is 8. The maximum atomic E-state index is 11.6. The lowest BCUT2D eigenvalue weighted by molar-refractivity contribution is -0.139. The Morgan fingerprint density at radius 1 is 1.69 bits per heavy atom. The average Bonchev–Trinajstić information content (AvgIpc) is 2.65. The molecule has 7 nitrogen and oxygen atoms in total. The van der Waals surface area contributed by atoms with Gasteiger partial charge in [0.25, 0.3) is 0 Å². The first-order valence-electron chi connectivity index (χ1n) is 4.17. The molecule has 3 N–H and O–H groups in total. The van der Waals surface area contributed by atoms with Gasteiger partial charge < -0.3 is 10.5 Å². The number of rotatable bonds is 5. The number of nitrogens with one attached hydrogen (secondary N) is 1. The van der Waals surface area contributed by atoms with Crippen molar-refractivity contribution >= 4 is 32.3 Å². The standard InChI is InChI=1S/C7H11N3O4S2/c1-14-5(11)2-9-4-16(12,13)6-3-10-7(8)15-6/h3,9H,2,4H2,1H3,(H2,8,10). The molecule has 1 heterocycles. The van der Waals surface area contributed by atoms with Crippen molar-refractivity contribution in [1.82, 2.24) is 10.3 Å². The number of esters is 1. The molecular weight excluding hydrogens is 254 g/mol. The van der Waals surface area contributed by atoms with Gasteiger partial charge in [0, 0.05) is 0 Å². The highest BCUT2D eigenvalue weighted by molar-refractivity contribution is 7.93. The molecule has 16 heavy (non-hydrogen) atoms. The van der Waals surface area contributed by atoms with Gasteiger partial charge in [-0.2, -0.15) is 0 Å². The minimum atomic E-state index is -3.49. The van der Waals surface area contributed by atoms with Crippen molar-refractivity contribution in [2.75, 3.05) is 25.3 Å². The zero-order chi connectivity index (χ0) is 12.2. The molecule has 0 fully saturated rings. The first-order valence-corrected chi connectivity index (χ1v) is 6.64. The highest BCUT2D eigenvalue weighted by Crippen LogP contribution is 2.20. The maximum absolute atomic E-state index is 11.6. The fraction of sp³-hybridized carbons (Fsp3) is 0.429. The topological polar surface area (TPSA) is 111 Å². The molecule has 0 saturated heterocycles. The number of aromatic nitrogens is 1. The van der Waals surface area contributed by atoms with E-state index in [0.717, 1.165) is 11.3 Å². The van der Waals surface area contributed by atoms with Crippen molar-refractivity contribution in [3.63, 3.8) is 0 Å². The summed E-state index contributed by atoms with van der Waals surface area (Å²) in [6.45, 7) is -0.163. The number of carbonyl (C=O) groups is 1. The second kappa shape index (κ2) is 5.23. The first kappa shape index (κ1) is 12.9. The molecule has 0 radical (unpaired) electrons. The fourth-order valence-corrected chi connectivity index (χ4v) is 2.93. The molecule has 0 bridgehead atoms. The van der Waals surface area contributed by atoms with Crippen LogP contribution in [0.3, 0.4) is 0 Å². The number of nitrogens with two attached hydrogens (primary N) is 1. The van der Waals surface area contributed by atoms with E-state index in [9.17, 15) is 13.2 Å². The Balaban J connectivity index is 2.56. The van der Waals surface area contributed by atoms with E-state index in [1.54, 1.807) is 0 Å². The van der Waals surface area contributed by atoms with Gasteiger partial charge in [-0.1, -0.05) is 11.3 Å². The normalized spacial score (nSPS) is 11.3. The van der Waals surface area contributed by atoms with Crippen LogP contribution in [0.5, 0.6) is 0 Å². The maximum Gasteiger partial charge on any atom is 0.319 e. The van der Waals surface area contributed by atoms with Crippen LogP contribution < -0.4 is 11.1 Å². The molecule has 9 heteroatoms. The van der Waals surface area contributed by atoms with Crippen LogP contribution in [0.25, 0.3) is 0 Å². The summed E-state index contributed by atoms with van der Waals surface area (Å²) in [7, 11) is -2.26. The summed E-state index contributed by atoms with van der Waals surface area (Å²) in [5.74, 6) is -0.886. The Morgan fingerprint density at radius 2 is 2.38 bits per heavy atom. The Kier molecular flexibility index (Phi) is 4.21. The minimum Gasteiger partial charge on any atom is -0.468 e. The Hall–Kier alpha value is -1.19. The molecule has 1 aromatic heterocycles. The minimum absolute atomic E-state index is 0.0716. The molecule has 0 aliphatic rings. The van der Waals surface area contributed by atoms with Gasteiger partial charge in [-0.25, -0.2) is 13.4 Å². The summed E-state index contributed by atoms with van der Waals surface area (Å²) in [6, 6.07) is 0. The number of sulfone groups is 1. The molecule has 0 unspecified atom stereocenters. The largest absolute Gasteiger partial charge is 0.468 e. The first-order chi connectivity index (χ1) is 7.45. The molecule has 0 aliphatic heterocycles. The summed E-state index contributed by atoms with van der Waals surface area (Å²) in [4.78, 5) is 14.4. The lowest BCUT2D eigenvalue weighted by Gasteiger charge is -2.02. The molecule has 0 spiro atoms. The van der Waals surface area contributed by atoms with Gasteiger partial charge in [0.1, 0.15) is 10.1 Å². The Morgan fingerprint density at radius 3 is 2.88 bits per heavy atom. The molecule has 0 atom stereocenters. The van der Waals surface area contributed by atoms with E-state index in [0.29, 0.717) is 0 Å². The summed E-state index contributed by atoms with van der Waals surface area (Å²) in [6.07, 6.45) is 1.19. The third kappa shape index (κ3) is 3.43. The number of thiazole rings is 1. The molecule has 90 valence electrons. The number of nitrogen functional groups attached to an aromatic ring is 1. The lowest BCUT2D eigenvalue weighted by atomic mass is 10.7. The van der Waals surface area contributed by atoms with Gasteiger partial charge in [0.05, 0.1) is 19.9 Å². The summed E-state index contributed by atoms with van der Waals surface area (Å²) >= 11 is 0.882. The number of methoxy groups -OCH3 is 1. The van der Waals surface area contributed by atoms with E-state index in [2.05, 4.69) is 15.0 Å². The molecule has 0 amide bonds. The van der Waals surface area contributed by atoms with E-state index < -0.39 is 15.8 Å². The number of carbonyl (C=O) groups excluding carboxylic acids is 1. The SMILES string of the molecule is COC(=O)CNCS(=O)(=O)c1cnc(N)s1. The average molecular weight is 265 g/mol. The number of anilines is 1. The number of hydrogen-bond donors (Lipinski definition) is 2. The van der Waals surface area contributed by atoms with Crippen LogP contribution in [-0.2, 0) is 19.4 Å². The predicted molar refractivity (Wildman–Crippen MR) is 58.6 cm³/mol. The van der Waals surface area contributed by atoms with E-state index in [-0.39, 0.29) is 21.8 Å². The van der Waals surface area contributed by atoms with Crippen LogP contribution in [0, 0.1) is 0 Å². The Bertz CT molecular complexity index is 468.